The van der Waals surface area contributed by atoms with E-state index in [2.05, 4.69) is 10.4 Å². The number of nitrogens with one attached hydrogen (secondary N) is 1. The lowest BCUT2D eigenvalue weighted by Crippen LogP contribution is -2.40. The van der Waals surface area contributed by atoms with Gasteiger partial charge in [-0.05, 0) is 37.1 Å². The minimum absolute atomic E-state index is 0.215. The number of aryl methyl sites for hydroxylation is 1. The average molecular weight is 389 g/mol. The third kappa shape index (κ3) is 4.88. The first-order valence-electron chi connectivity index (χ1n) is 9.41. The average Bonchev–Trinajstić information content (AvgIpc) is 3.08. The van der Waals surface area contributed by atoms with Crippen LogP contribution < -0.4 is 10.1 Å². The van der Waals surface area contributed by atoms with Gasteiger partial charge in [-0.1, -0.05) is 19.3 Å². The lowest BCUT2D eigenvalue weighted by molar-refractivity contribution is -0.144. The topological polar surface area (TPSA) is 93.5 Å². The van der Waals surface area contributed by atoms with E-state index < -0.39 is 17.9 Å². The van der Waals surface area contributed by atoms with E-state index in [9.17, 15) is 19.1 Å². The Labute approximate surface area is 162 Å². The van der Waals surface area contributed by atoms with Crippen molar-refractivity contribution in [2.24, 2.45) is 7.05 Å². The number of ether oxygens (including phenoxy) is 1. The Morgan fingerprint density at radius 1 is 1.29 bits per heavy atom. The summed E-state index contributed by atoms with van der Waals surface area (Å²) < 4.78 is 20.0. The van der Waals surface area contributed by atoms with Crippen molar-refractivity contribution < 1.29 is 23.8 Å². The van der Waals surface area contributed by atoms with Crippen molar-refractivity contribution in [1.29, 1.82) is 0 Å². The molecule has 1 saturated carbocycles. The van der Waals surface area contributed by atoms with Gasteiger partial charge in [-0.15, -0.1) is 0 Å². The van der Waals surface area contributed by atoms with Gasteiger partial charge in [0.15, 0.2) is 0 Å². The maximum atomic E-state index is 13.0. The maximum Gasteiger partial charge on any atom is 0.346 e. The number of hydrogen-bond donors (Lipinski definition) is 2. The molecular weight excluding hydrogens is 365 g/mol. The first-order valence-corrected chi connectivity index (χ1v) is 9.41. The van der Waals surface area contributed by atoms with Gasteiger partial charge >= 0.3 is 5.97 Å². The molecule has 0 bridgehead atoms. The van der Waals surface area contributed by atoms with Crippen LogP contribution in [0, 0.1) is 5.82 Å². The summed E-state index contributed by atoms with van der Waals surface area (Å²) in [4.78, 5) is 24.2. The number of amides is 1. The van der Waals surface area contributed by atoms with Gasteiger partial charge in [-0.3, -0.25) is 9.48 Å². The van der Waals surface area contributed by atoms with E-state index in [1.165, 1.54) is 30.7 Å². The molecule has 1 unspecified atom stereocenters. The predicted molar refractivity (Wildman–Crippen MR) is 99.8 cm³/mol. The predicted octanol–water partition coefficient (Wildman–Crippen LogP) is 2.87. The number of benzene rings is 1. The van der Waals surface area contributed by atoms with Crippen molar-refractivity contribution in [3.05, 3.63) is 47.5 Å². The van der Waals surface area contributed by atoms with Crippen molar-refractivity contribution in [3.63, 3.8) is 0 Å². The number of carboxylic acids is 1. The van der Waals surface area contributed by atoms with Crippen LogP contribution in [0.15, 0.2) is 30.5 Å². The van der Waals surface area contributed by atoms with Crippen molar-refractivity contribution in [2.75, 3.05) is 6.54 Å². The van der Waals surface area contributed by atoms with Gasteiger partial charge in [0.1, 0.15) is 11.6 Å². The molecule has 7 nitrogen and oxygen atoms in total. The number of nitrogens with zero attached hydrogens (tertiary/aromatic N) is 2. The molecule has 0 aliphatic heterocycles. The van der Waals surface area contributed by atoms with Gasteiger partial charge in [-0.25, -0.2) is 9.18 Å². The largest absolute Gasteiger partial charge is 0.478 e. The third-order valence-electron chi connectivity index (χ3n) is 4.91. The standard InChI is InChI=1S/C20H24FN3O4/c1-24-12-16(18(23-24)13-5-3-2-4-6-13)19(25)22-11-17(20(26)27)28-15-9-7-14(21)8-10-15/h7-10,12-13,17H,2-6,11H2,1H3,(H,22,25)(H,26,27). The summed E-state index contributed by atoms with van der Waals surface area (Å²) in [6, 6.07) is 5.04. The minimum Gasteiger partial charge on any atom is -0.478 e. The Kier molecular flexibility index (Phi) is 6.28. The molecule has 0 saturated heterocycles. The van der Waals surface area contributed by atoms with Crippen molar-refractivity contribution in [3.8, 4) is 5.75 Å². The summed E-state index contributed by atoms with van der Waals surface area (Å²) in [6.07, 6.45) is 5.82. The van der Waals surface area contributed by atoms with E-state index in [4.69, 9.17) is 4.74 Å². The summed E-state index contributed by atoms with van der Waals surface area (Å²) in [5, 5.41) is 16.5. The molecule has 1 aliphatic rings. The molecule has 28 heavy (non-hydrogen) atoms. The first-order chi connectivity index (χ1) is 13.4. The summed E-state index contributed by atoms with van der Waals surface area (Å²) in [5.41, 5.74) is 1.24. The molecule has 3 rings (SSSR count). The van der Waals surface area contributed by atoms with Gasteiger partial charge in [0.05, 0.1) is 17.8 Å². The Morgan fingerprint density at radius 3 is 2.61 bits per heavy atom. The summed E-state index contributed by atoms with van der Waals surface area (Å²) in [5.74, 6) is -1.57. The number of rotatable bonds is 7. The number of aliphatic carboxylic acids is 1. The van der Waals surface area contributed by atoms with Crippen LogP contribution in [0.4, 0.5) is 4.39 Å². The van der Waals surface area contributed by atoms with E-state index in [0.717, 1.165) is 31.4 Å². The molecule has 1 aromatic carbocycles. The Hall–Kier alpha value is -2.90. The summed E-state index contributed by atoms with van der Waals surface area (Å²) in [6.45, 7) is -0.218. The van der Waals surface area contributed by atoms with Crippen LogP contribution in [0.1, 0.15) is 54.1 Å². The molecule has 2 aromatic rings. The van der Waals surface area contributed by atoms with Crippen molar-refractivity contribution in [1.82, 2.24) is 15.1 Å². The molecule has 8 heteroatoms. The number of carbonyl (C=O) groups excluding carboxylic acids is 1. The van der Waals surface area contributed by atoms with Crippen LogP contribution in [0.2, 0.25) is 0 Å². The van der Waals surface area contributed by atoms with Gasteiger partial charge in [0.25, 0.3) is 5.91 Å². The van der Waals surface area contributed by atoms with E-state index in [1.54, 1.807) is 17.9 Å². The molecule has 150 valence electrons. The Balaban J connectivity index is 1.66. The van der Waals surface area contributed by atoms with Crippen LogP contribution in [0.5, 0.6) is 5.75 Å². The molecule has 1 aromatic heterocycles. The van der Waals surface area contributed by atoms with E-state index in [0.29, 0.717) is 5.56 Å². The van der Waals surface area contributed by atoms with Gasteiger partial charge < -0.3 is 15.2 Å². The number of hydrogen-bond acceptors (Lipinski definition) is 4. The van der Waals surface area contributed by atoms with Crippen LogP contribution in [0.3, 0.4) is 0 Å². The number of carboxylic acid groups (broad SMARTS) is 1. The highest BCUT2D eigenvalue weighted by Crippen LogP contribution is 2.33. The van der Waals surface area contributed by atoms with Gasteiger partial charge in [0, 0.05) is 19.2 Å². The van der Waals surface area contributed by atoms with E-state index in [-0.39, 0.29) is 24.1 Å². The lowest BCUT2D eigenvalue weighted by Gasteiger charge is -2.21. The zero-order valence-electron chi connectivity index (χ0n) is 15.7. The second-order valence-corrected chi connectivity index (χ2v) is 7.05. The molecule has 1 atom stereocenters. The fourth-order valence-corrected chi connectivity index (χ4v) is 3.50. The molecule has 1 aliphatic carbocycles. The molecular formula is C20H24FN3O4. The van der Waals surface area contributed by atoms with Crippen LogP contribution >= 0.6 is 0 Å². The van der Waals surface area contributed by atoms with Crippen LogP contribution in [-0.2, 0) is 11.8 Å². The molecule has 1 heterocycles. The zero-order valence-corrected chi connectivity index (χ0v) is 15.7. The Morgan fingerprint density at radius 2 is 1.96 bits per heavy atom. The van der Waals surface area contributed by atoms with Crippen LogP contribution in [-0.4, -0.2) is 39.4 Å². The summed E-state index contributed by atoms with van der Waals surface area (Å²) in [7, 11) is 1.76. The van der Waals surface area contributed by atoms with E-state index in [1.807, 2.05) is 0 Å². The van der Waals surface area contributed by atoms with Gasteiger partial charge in [0.2, 0.25) is 6.10 Å². The van der Waals surface area contributed by atoms with Crippen molar-refractivity contribution in [2.45, 2.75) is 44.1 Å². The highest BCUT2D eigenvalue weighted by atomic mass is 19.1. The second-order valence-electron chi connectivity index (χ2n) is 7.05. The number of carbonyl (C=O) groups is 2. The highest BCUT2D eigenvalue weighted by molar-refractivity contribution is 5.95. The lowest BCUT2D eigenvalue weighted by atomic mass is 9.85. The Bertz CT molecular complexity index is 828. The first kappa shape index (κ1) is 19.9. The fourth-order valence-electron chi connectivity index (χ4n) is 3.50. The molecule has 1 fully saturated rings. The quantitative estimate of drug-likeness (QED) is 0.760. The fraction of sp³-hybridized carbons (Fsp3) is 0.450. The highest BCUT2D eigenvalue weighted by Gasteiger charge is 2.26. The zero-order chi connectivity index (χ0) is 20.1. The minimum atomic E-state index is -1.29. The smallest absolute Gasteiger partial charge is 0.346 e. The molecule has 1 amide bonds. The summed E-state index contributed by atoms with van der Waals surface area (Å²) >= 11 is 0. The third-order valence-corrected chi connectivity index (χ3v) is 4.91. The normalized spacial score (nSPS) is 15.8. The second kappa shape index (κ2) is 8.86. The van der Waals surface area contributed by atoms with Gasteiger partial charge in [-0.2, -0.15) is 5.10 Å². The molecule has 0 radical (unpaired) electrons. The monoisotopic (exact) mass is 389 g/mol. The number of halogens is 1. The van der Waals surface area contributed by atoms with E-state index >= 15 is 0 Å². The maximum absolute atomic E-state index is 13.0. The molecule has 0 spiro atoms. The SMILES string of the molecule is Cn1cc(C(=O)NCC(Oc2ccc(F)cc2)C(=O)O)c(C2CCCCC2)n1. The van der Waals surface area contributed by atoms with Crippen LogP contribution in [0.25, 0.3) is 0 Å². The molecule has 2 N–H and O–H groups in total. The van der Waals surface area contributed by atoms with Crippen molar-refractivity contribution >= 4 is 11.9 Å². The number of aromatic nitrogens is 2.